The van der Waals surface area contributed by atoms with Gasteiger partial charge in [0.05, 0.1) is 11.6 Å². The van der Waals surface area contributed by atoms with E-state index in [2.05, 4.69) is 0 Å². The molecule has 2 nitrogen and oxygen atoms in total. The van der Waals surface area contributed by atoms with Gasteiger partial charge in [-0.3, -0.25) is 0 Å². The summed E-state index contributed by atoms with van der Waals surface area (Å²) >= 11 is 0. The smallest absolute Gasteiger partial charge is 0.120 e. The number of benzene rings is 1. The molecule has 0 saturated heterocycles. The Morgan fingerprint density at radius 3 is 2.31 bits per heavy atom. The normalized spacial score (nSPS) is 10.9. The molecule has 0 bridgehead atoms. The summed E-state index contributed by atoms with van der Waals surface area (Å²) in [5.41, 5.74) is 1.27. The van der Waals surface area contributed by atoms with Gasteiger partial charge in [0.15, 0.2) is 0 Å². The molecule has 0 aliphatic rings. The van der Waals surface area contributed by atoms with Crippen molar-refractivity contribution >= 4 is 0 Å². The summed E-state index contributed by atoms with van der Waals surface area (Å²) in [5, 5.41) is 18.2. The highest BCUT2D eigenvalue weighted by atomic mass is 16.3. The minimum atomic E-state index is -0.0852. The highest BCUT2D eigenvalue weighted by Crippen LogP contribution is 2.30. The number of nitriles is 1. The van der Waals surface area contributed by atoms with Crippen LogP contribution in [0, 0.1) is 11.3 Å². The second-order valence-electron chi connectivity index (χ2n) is 4.09. The van der Waals surface area contributed by atoms with Gasteiger partial charge in [-0.2, -0.15) is 5.26 Å². The topological polar surface area (TPSA) is 44.0 Å². The van der Waals surface area contributed by atoms with Crippen LogP contribution in [0.5, 0.6) is 5.75 Å². The standard InChI is InChI=1S/C11H13NO/c1-11(2,3)9-5-4-8(7-12)6-10(9)13/h4-6,13H,1-3H3. The highest BCUT2D eigenvalue weighted by molar-refractivity contribution is 5.44. The number of phenols is 1. The fourth-order valence-electron chi connectivity index (χ4n) is 1.24. The van der Waals surface area contributed by atoms with Gasteiger partial charge >= 0.3 is 0 Å². The fourth-order valence-corrected chi connectivity index (χ4v) is 1.24. The third-order valence-corrected chi connectivity index (χ3v) is 1.93. The van der Waals surface area contributed by atoms with Crippen LogP contribution >= 0.6 is 0 Å². The summed E-state index contributed by atoms with van der Waals surface area (Å²) in [6, 6.07) is 7.01. The molecule has 0 aliphatic heterocycles. The molecule has 0 aliphatic carbocycles. The average Bonchev–Trinajstić information content (AvgIpc) is 2.01. The van der Waals surface area contributed by atoms with E-state index in [1.807, 2.05) is 26.8 Å². The number of rotatable bonds is 0. The van der Waals surface area contributed by atoms with Crippen molar-refractivity contribution in [1.29, 1.82) is 5.26 Å². The van der Waals surface area contributed by atoms with Crippen molar-refractivity contribution in [3.05, 3.63) is 29.3 Å². The van der Waals surface area contributed by atoms with Crippen LogP contribution in [0.3, 0.4) is 0 Å². The number of nitrogens with zero attached hydrogens (tertiary/aromatic N) is 1. The first-order valence-corrected chi connectivity index (χ1v) is 4.19. The van der Waals surface area contributed by atoms with Gasteiger partial charge in [-0.25, -0.2) is 0 Å². The summed E-state index contributed by atoms with van der Waals surface area (Å²) in [6.07, 6.45) is 0. The van der Waals surface area contributed by atoms with Gasteiger partial charge in [0.1, 0.15) is 5.75 Å². The third kappa shape index (κ3) is 2.00. The van der Waals surface area contributed by atoms with E-state index in [-0.39, 0.29) is 11.2 Å². The maximum atomic E-state index is 9.61. The Morgan fingerprint density at radius 2 is 1.92 bits per heavy atom. The third-order valence-electron chi connectivity index (χ3n) is 1.93. The van der Waals surface area contributed by atoms with Crippen molar-refractivity contribution in [3.8, 4) is 11.8 Å². The van der Waals surface area contributed by atoms with E-state index >= 15 is 0 Å². The molecule has 2 heteroatoms. The summed E-state index contributed by atoms with van der Waals surface area (Å²) in [7, 11) is 0. The molecule has 68 valence electrons. The minimum Gasteiger partial charge on any atom is -0.508 e. The van der Waals surface area contributed by atoms with E-state index in [0.717, 1.165) is 5.56 Å². The van der Waals surface area contributed by atoms with Crippen LogP contribution < -0.4 is 0 Å². The van der Waals surface area contributed by atoms with E-state index in [1.165, 1.54) is 6.07 Å². The van der Waals surface area contributed by atoms with Gasteiger partial charge in [0.2, 0.25) is 0 Å². The Kier molecular flexibility index (Phi) is 2.29. The van der Waals surface area contributed by atoms with Crippen LogP contribution in [0.15, 0.2) is 18.2 Å². The summed E-state index contributed by atoms with van der Waals surface area (Å²) in [6.45, 7) is 6.07. The van der Waals surface area contributed by atoms with Crippen LogP contribution in [0.2, 0.25) is 0 Å². The lowest BCUT2D eigenvalue weighted by atomic mass is 9.86. The first kappa shape index (κ1) is 9.60. The van der Waals surface area contributed by atoms with Crippen LogP contribution in [-0.2, 0) is 5.41 Å². The highest BCUT2D eigenvalue weighted by Gasteiger charge is 2.17. The van der Waals surface area contributed by atoms with Gasteiger partial charge in [-0.05, 0) is 23.1 Å². The number of hydrogen-bond donors (Lipinski definition) is 1. The maximum Gasteiger partial charge on any atom is 0.120 e. The van der Waals surface area contributed by atoms with Crippen molar-refractivity contribution in [3.63, 3.8) is 0 Å². The molecule has 1 aromatic carbocycles. The summed E-state index contributed by atoms with van der Waals surface area (Å²) in [5.74, 6) is 0.201. The molecule has 0 radical (unpaired) electrons. The van der Waals surface area contributed by atoms with E-state index < -0.39 is 0 Å². The van der Waals surface area contributed by atoms with E-state index in [1.54, 1.807) is 12.1 Å². The van der Waals surface area contributed by atoms with Crippen LogP contribution in [0.1, 0.15) is 31.9 Å². The first-order valence-electron chi connectivity index (χ1n) is 4.19. The van der Waals surface area contributed by atoms with Crippen molar-refractivity contribution in [2.75, 3.05) is 0 Å². The van der Waals surface area contributed by atoms with Gasteiger partial charge < -0.3 is 5.11 Å². The lowest BCUT2D eigenvalue weighted by Gasteiger charge is -2.20. The molecule has 0 saturated carbocycles. The van der Waals surface area contributed by atoms with Gasteiger partial charge in [-0.15, -0.1) is 0 Å². The van der Waals surface area contributed by atoms with E-state index in [9.17, 15) is 5.11 Å². The summed E-state index contributed by atoms with van der Waals surface area (Å²) < 4.78 is 0. The number of phenolic OH excluding ortho intramolecular Hbond substituents is 1. The molecule has 1 N–H and O–H groups in total. The predicted molar refractivity (Wildman–Crippen MR) is 51.5 cm³/mol. The quantitative estimate of drug-likeness (QED) is 0.658. The number of hydrogen-bond acceptors (Lipinski definition) is 2. The Labute approximate surface area is 78.4 Å². The zero-order chi connectivity index (χ0) is 10.1. The molecule has 1 rings (SSSR count). The SMILES string of the molecule is CC(C)(C)c1ccc(C#N)cc1O. The molecular formula is C11H13NO. The molecule has 1 aromatic rings. The first-order chi connectivity index (χ1) is 5.95. The molecule has 0 unspecified atom stereocenters. The molecule has 0 atom stereocenters. The molecule has 0 amide bonds. The monoisotopic (exact) mass is 175 g/mol. The van der Waals surface area contributed by atoms with Crippen molar-refractivity contribution in [1.82, 2.24) is 0 Å². The predicted octanol–water partition coefficient (Wildman–Crippen LogP) is 2.56. The number of aromatic hydroxyl groups is 1. The van der Waals surface area contributed by atoms with Gasteiger partial charge in [0, 0.05) is 0 Å². The molecule has 0 fully saturated rings. The second kappa shape index (κ2) is 3.10. The van der Waals surface area contributed by atoms with Crippen molar-refractivity contribution in [2.45, 2.75) is 26.2 Å². The van der Waals surface area contributed by atoms with Crippen LogP contribution in [0.25, 0.3) is 0 Å². The summed E-state index contributed by atoms with van der Waals surface area (Å²) in [4.78, 5) is 0. The lowest BCUT2D eigenvalue weighted by molar-refractivity contribution is 0.446. The van der Waals surface area contributed by atoms with Gasteiger partial charge in [-0.1, -0.05) is 26.8 Å². The zero-order valence-electron chi connectivity index (χ0n) is 8.13. The second-order valence-corrected chi connectivity index (χ2v) is 4.09. The molecule has 13 heavy (non-hydrogen) atoms. The Balaban J connectivity index is 3.23. The maximum absolute atomic E-state index is 9.61. The Morgan fingerprint density at radius 1 is 1.31 bits per heavy atom. The minimum absolute atomic E-state index is 0.0852. The van der Waals surface area contributed by atoms with E-state index in [4.69, 9.17) is 5.26 Å². The van der Waals surface area contributed by atoms with E-state index in [0.29, 0.717) is 5.56 Å². The lowest BCUT2D eigenvalue weighted by Crippen LogP contribution is -2.11. The zero-order valence-corrected chi connectivity index (χ0v) is 8.13. The Bertz CT molecular complexity index is 355. The molecule has 0 heterocycles. The molecule has 0 aromatic heterocycles. The van der Waals surface area contributed by atoms with Crippen molar-refractivity contribution < 1.29 is 5.11 Å². The largest absolute Gasteiger partial charge is 0.508 e. The average molecular weight is 175 g/mol. The Hall–Kier alpha value is -1.49. The fraction of sp³-hybridized carbons (Fsp3) is 0.364. The molecule has 0 spiro atoms. The van der Waals surface area contributed by atoms with Gasteiger partial charge in [0.25, 0.3) is 0 Å². The van der Waals surface area contributed by atoms with Crippen molar-refractivity contribution in [2.24, 2.45) is 0 Å². The molecular weight excluding hydrogens is 162 g/mol. The van der Waals surface area contributed by atoms with Crippen LogP contribution in [0.4, 0.5) is 0 Å². The van der Waals surface area contributed by atoms with Crippen LogP contribution in [-0.4, -0.2) is 5.11 Å².